The lowest BCUT2D eigenvalue weighted by atomic mass is 10.7. The first-order chi connectivity index (χ1) is 5.38. The molecule has 0 spiro atoms. The number of halogens is 3. The van der Waals surface area contributed by atoms with Gasteiger partial charge >= 0.3 is 21.4 Å². The van der Waals surface area contributed by atoms with Crippen molar-refractivity contribution in [2.45, 2.75) is 19.6 Å². The summed E-state index contributed by atoms with van der Waals surface area (Å²) in [5.41, 5.74) is 0. The highest BCUT2D eigenvalue weighted by molar-refractivity contribution is 6.45. The van der Waals surface area contributed by atoms with Crippen molar-refractivity contribution in [3.05, 3.63) is 0 Å². The molecule has 7 heteroatoms. The van der Waals surface area contributed by atoms with Crippen molar-refractivity contribution in [3.63, 3.8) is 0 Å². The van der Waals surface area contributed by atoms with Crippen LogP contribution in [0.25, 0.3) is 0 Å². The summed E-state index contributed by atoms with van der Waals surface area (Å²) in [7, 11) is -2.09. The van der Waals surface area contributed by atoms with Crippen molar-refractivity contribution >= 4 is 15.3 Å². The smallest absolute Gasteiger partial charge is 0.485 e. The highest BCUT2D eigenvalue weighted by Gasteiger charge is 2.42. The largest absolute Gasteiger partial charge is 0.489 e. The molecule has 0 heterocycles. The standard InChI is InChI=1S/C5H8F3O3Si/c1-3-10-12(2)11-4(9)5(6,7)8/h3H2,1-2H3. The Kier molecular flexibility index (Phi) is 4.25. The van der Waals surface area contributed by atoms with Crippen LogP contribution in [0, 0.1) is 0 Å². The van der Waals surface area contributed by atoms with Crippen LogP contribution in [-0.4, -0.2) is 28.0 Å². The fourth-order valence-corrected chi connectivity index (χ4v) is 1.26. The first-order valence-corrected chi connectivity index (χ1v) is 4.95. The van der Waals surface area contributed by atoms with E-state index in [1.165, 1.54) is 6.55 Å². The molecule has 0 saturated heterocycles. The molecule has 0 unspecified atom stereocenters. The van der Waals surface area contributed by atoms with Crippen LogP contribution < -0.4 is 0 Å². The molecule has 0 atom stereocenters. The highest BCUT2D eigenvalue weighted by Crippen LogP contribution is 2.16. The Balaban J connectivity index is 3.85. The minimum absolute atomic E-state index is 0.232. The quantitative estimate of drug-likeness (QED) is 0.644. The zero-order valence-corrected chi connectivity index (χ0v) is 7.57. The van der Waals surface area contributed by atoms with Crippen LogP contribution >= 0.6 is 0 Å². The average molecular weight is 201 g/mol. The first kappa shape index (κ1) is 11.4. The summed E-state index contributed by atoms with van der Waals surface area (Å²) in [6.07, 6.45) is -4.93. The summed E-state index contributed by atoms with van der Waals surface area (Å²) < 4.78 is 43.2. The molecule has 0 aliphatic rings. The number of rotatable bonds is 3. The fourth-order valence-electron chi connectivity index (χ4n) is 0.421. The monoisotopic (exact) mass is 201 g/mol. The minimum atomic E-state index is -4.93. The van der Waals surface area contributed by atoms with E-state index in [-0.39, 0.29) is 6.61 Å². The molecule has 0 aliphatic carbocycles. The van der Waals surface area contributed by atoms with Crippen LogP contribution in [0.3, 0.4) is 0 Å². The lowest BCUT2D eigenvalue weighted by Crippen LogP contribution is -2.32. The van der Waals surface area contributed by atoms with Gasteiger partial charge in [-0.2, -0.15) is 13.2 Å². The molecule has 0 rings (SSSR count). The Morgan fingerprint density at radius 2 is 2.00 bits per heavy atom. The first-order valence-electron chi connectivity index (χ1n) is 3.13. The summed E-state index contributed by atoms with van der Waals surface area (Å²) in [6.45, 7) is 3.16. The van der Waals surface area contributed by atoms with Gasteiger partial charge in [-0.05, 0) is 13.5 Å². The van der Waals surface area contributed by atoms with Crippen molar-refractivity contribution in [1.29, 1.82) is 0 Å². The van der Waals surface area contributed by atoms with Crippen LogP contribution in [0.5, 0.6) is 0 Å². The molecule has 0 aromatic rings. The number of hydrogen-bond donors (Lipinski definition) is 0. The van der Waals surface area contributed by atoms with E-state index in [4.69, 9.17) is 0 Å². The third-order valence-corrected chi connectivity index (χ3v) is 1.98. The maximum Gasteiger partial charge on any atom is 0.489 e. The fraction of sp³-hybridized carbons (Fsp3) is 0.800. The predicted octanol–water partition coefficient (Wildman–Crippen LogP) is 1.25. The maximum atomic E-state index is 11.5. The van der Waals surface area contributed by atoms with Crippen LogP contribution in [0.15, 0.2) is 0 Å². The molecule has 12 heavy (non-hydrogen) atoms. The third-order valence-electron chi connectivity index (χ3n) is 0.815. The Bertz CT molecular complexity index is 159. The minimum Gasteiger partial charge on any atom is -0.485 e. The van der Waals surface area contributed by atoms with Crippen LogP contribution in [0.4, 0.5) is 13.2 Å². The molecule has 0 saturated carbocycles. The molecule has 0 bridgehead atoms. The zero-order chi connectivity index (χ0) is 9.78. The van der Waals surface area contributed by atoms with Gasteiger partial charge < -0.3 is 8.85 Å². The lowest BCUT2D eigenvalue weighted by Gasteiger charge is -2.10. The molecule has 0 N–H and O–H groups in total. The van der Waals surface area contributed by atoms with Gasteiger partial charge in [0.25, 0.3) is 0 Å². The van der Waals surface area contributed by atoms with Crippen LogP contribution in [0.2, 0.25) is 6.55 Å². The average Bonchev–Trinajstić information content (AvgIpc) is 1.85. The summed E-state index contributed by atoms with van der Waals surface area (Å²) in [4.78, 5) is 10.1. The molecular formula is C5H8F3O3Si. The Morgan fingerprint density at radius 3 is 2.33 bits per heavy atom. The second kappa shape index (κ2) is 4.46. The normalized spacial score (nSPS) is 11.8. The van der Waals surface area contributed by atoms with Gasteiger partial charge in [0.2, 0.25) is 0 Å². The van der Waals surface area contributed by atoms with Crippen LogP contribution in [-0.2, 0) is 13.6 Å². The van der Waals surface area contributed by atoms with Gasteiger partial charge in [0.05, 0.1) is 0 Å². The van der Waals surface area contributed by atoms with E-state index in [0.29, 0.717) is 0 Å². The summed E-state index contributed by atoms with van der Waals surface area (Å²) in [6, 6.07) is 0. The van der Waals surface area contributed by atoms with Gasteiger partial charge in [-0.25, -0.2) is 4.79 Å². The predicted molar refractivity (Wildman–Crippen MR) is 35.4 cm³/mol. The molecule has 3 nitrogen and oxygen atoms in total. The Hall–Kier alpha value is -0.563. The van der Waals surface area contributed by atoms with Crippen LogP contribution in [0.1, 0.15) is 6.92 Å². The van der Waals surface area contributed by atoms with E-state index >= 15 is 0 Å². The Morgan fingerprint density at radius 1 is 1.50 bits per heavy atom. The van der Waals surface area contributed by atoms with Crippen molar-refractivity contribution in [1.82, 2.24) is 0 Å². The van der Waals surface area contributed by atoms with E-state index in [1.54, 1.807) is 6.92 Å². The van der Waals surface area contributed by atoms with Gasteiger partial charge in [-0.1, -0.05) is 0 Å². The van der Waals surface area contributed by atoms with Gasteiger partial charge in [0.1, 0.15) is 0 Å². The second-order valence-corrected chi connectivity index (χ2v) is 3.29. The molecule has 0 fully saturated rings. The molecule has 0 amide bonds. The summed E-state index contributed by atoms with van der Waals surface area (Å²) in [5, 5.41) is 0. The van der Waals surface area contributed by atoms with Crippen molar-refractivity contribution in [2.24, 2.45) is 0 Å². The second-order valence-electron chi connectivity index (χ2n) is 1.81. The number of alkyl halides is 3. The lowest BCUT2D eigenvalue weighted by molar-refractivity contribution is -0.191. The maximum absolute atomic E-state index is 11.5. The highest BCUT2D eigenvalue weighted by atomic mass is 28.3. The molecule has 1 radical (unpaired) electrons. The van der Waals surface area contributed by atoms with Gasteiger partial charge in [-0.15, -0.1) is 0 Å². The van der Waals surface area contributed by atoms with Crippen molar-refractivity contribution in [3.8, 4) is 0 Å². The van der Waals surface area contributed by atoms with E-state index in [0.717, 1.165) is 0 Å². The van der Waals surface area contributed by atoms with E-state index in [2.05, 4.69) is 8.85 Å². The zero-order valence-electron chi connectivity index (χ0n) is 6.57. The Labute approximate surface area is 69.3 Å². The van der Waals surface area contributed by atoms with Gasteiger partial charge in [0.15, 0.2) is 0 Å². The number of carbonyl (C=O) groups excluding carboxylic acids is 1. The molecule has 71 valence electrons. The summed E-state index contributed by atoms with van der Waals surface area (Å²) >= 11 is 0. The SMILES string of the molecule is CCO[Si](C)OC(=O)C(F)(F)F. The van der Waals surface area contributed by atoms with Gasteiger partial charge in [0, 0.05) is 6.61 Å². The van der Waals surface area contributed by atoms with E-state index < -0.39 is 21.4 Å². The van der Waals surface area contributed by atoms with E-state index in [1.807, 2.05) is 0 Å². The number of hydrogen-bond acceptors (Lipinski definition) is 3. The third kappa shape index (κ3) is 4.34. The van der Waals surface area contributed by atoms with Crippen molar-refractivity contribution < 1.29 is 26.8 Å². The summed E-state index contributed by atoms with van der Waals surface area (Å²) in [5.74, 6) is -2.19. The molecule has 0 aromatic carbocycles. The van der Waals surface area contributed by atoms with E-state index in [9.17, 15) is 18.0 Å². The molecular weight excluding hydrogens is 193 g/mol. The molecule has 0 aliphatic heterocycles. The van der Waals surface area contributed by atoms with Crippen molar-refractivity contribution in [2.75, 3.05) is 6.61 Å². The van der Waals surface area contributed by atoms with Gasteiger partial charge in [-0.3, -0.25) is 0 Å². The topological polar surface area (TPSA) is 35.5 Å². The number of carbonyl (C=O) groups is 1. The molecule has 0 aromatic heterocycles.